The molecule has 0 aliphatic heterocycles. The molecule has 2 rings (SSSR count). The molecule has 6 heteroatoms. The van der Waals surface area contributed by atoms with Crippen molar-refractivity contribution in [1.82, 2.24) is 15.1 Å². The third-order valence-electron chi connectivity index (χ3n) is 3.10. The van der Waals surface area contributed by atoms with Gasteiger partial charge in [-0.1, -0.05) is 0 Å². The van der Waals surface area contributed by atoms with Crippen molar-refractivity contribution in [2.75, 3.05) is 6.61 Å². The van der Waals surface area contributed by atoms with Gasteiger partial charge in [-0.15, -0.1) is 0 Å². The van der Waals surface area contributed by atoms with Crippen molar-refractivity contribution in [3.8, 4) is 0 Å². The number of nitrogens with one attached hydrogen (secondary N) is 1. The van der Waals surface area contributed by atoms with Crippen molar-refractivity contribution in [3.63, 3.8) is 0 Å². The van der Waals surface area contributed by atoms with Crippen molar-refractivity contribution in [2.45, 2.75) is 26.4 Å². The summed E-state index contributed by atoms with van der Waals surface area (Å²) in [4.78, 5) is 11.8. The molecule has 0 aliphatic rings. The van der Waals surface area contributed by atoms with E-state index in [0.717, 1.165) is 11.5 Å². The number of aryl methyl sites for hydroxylation is 1. The van der Waals surface area contributed by atoms with E-state index in [1.807, 2.05) is 19.1 Å². The number of esters is 1. The molecule has 20 heavy (non-hydrogen) atoms. The van der Waals surface area contributed by atoms with E-state index in [2.05, 4.69) is 10.4 Å². The highest BCUT2D eigenvalue weighted by molar-refractivity contribution is 5.90. The fourth-order valence-electron chi connectivity index (χ4n) is 1.94. The molecule has 0 amide bonds. The number of hydrogen-bond acceptors (Lipinski definition) is 5. The highest BCUT2D eigenvalue weighted by Crippen LogP contribution is 2.15. The first-order chi connectivity index (χ1) is 9.63. The van der Waals surface area contributed by atoms with Crippen LogP contribution in [0.3, 0.4) is 0 Å². The van der Waals surface area contributed by atoms with Crippen LogP contribution in [0.15, 0.2) is 29.0 Å². The van der Waals surface area contributed by atoms with Gasteiger partial charge in [0.15, 0.2) is 0 Å². The summed E-state index contributed by atoms with van der Waals surface area (Å²) in [5, 5.41) is 7.42. The number of carbonyl (C=O) groups is 1. The molecule has 108 valence electrons. The molecule has 0 fully saturated rings. The minimum atomic E-state index is -0.344. The zero-order valence-corrected chi connectivity index (χ0v) is 11.9. The van der Waals surface area contributed by atoms with Crippen LogP contribution in [0.2, 0.25) is 0 Å². The van der Waals surface area contributed by atoms with Gasteiger partial charge in [-0.2, -0.15) is 5.10 Å². The summed E-state index contributed by atoms with van der Waals surface area (Å²) in [6.07, 6.45) is 3.17. The lowest BCUT2D eigenvalue weighted by Gasteiger charge is -2.12. The standard InChI is InChI=1S/C14H19N3O3/c1-4-19-14(18)11-8-16-17(3)12(11)9-15-10(2)13-6-5-7-20-13/h5-8,10,15H,4,9H2,1-3H3. The molecule has 0 saturated carbocycles. The largest absolute Gasteiger partial charge is 0.468 e. The fourth-order valence-corrected chi connectivity index (χ4v) is 1.94. The number of ether oxygens (including phenoxy) is 1. The summed E-state index contributed by atoms with van der Waals surface area (Å²) in [7, 11) is 1.80. The molecule has 1 N–H and O–H groups in total. The van der Waals surface area contributed by atoms with Gasteiger partial charge in [0.2, 0.25) is 0 Å². The number of aromatic nitrogens is 2. The third-order valence-corrected chi connectivity index (χ3v) is 3.10. The average molecular weight is 277 g/mol. The second-order valence-corrected chi connectivity index (χ2v) is 4.47. The quantitative estimate of drug-likeness (QED) is 0.818. The van der Waals surface area contributed by atoms with Gasteiger partial charge in [0, 0.05) is 13.6 Å². The lowest BCUT2D eigenvalue weighted by Crippen LogP contribution is -2.21. The topological polar surface area (TPSA) is 69.3 Å². The number of hydrogen-bond donors (Lipinski definition) is 1. The minimum absolute atomic E-state index is 0.0509. The Morgan fingerprint density at radius 1 is 1.60 bits per heavy atom. The molecule has 1 unspecified atom stereocenters. The normalized spacial score (nSPS) is 12.3. The van der Waals surface area contributed by atoms with Crippen molar-refractivity contribution in [3.05, 3.63) is 41.6 Å². The Morgan fingerprint density at radius 3 is 3.05 bits per heavy atom. The van der Waals surface area contributed by atoms with Crippen molar-refractivity contribution in [2.24, 2.45) is 7.05 Å². The summed E-state index contributed by atoms with van der Waals surface area (Å²) in [6.45, 7) is 4.64. The predicted octanol–water partition coefficient (Wildman–Crippen LogP) is 2.04. The molecular formula is C14H19N3O3. The van der Waals surface area contributed by atoms with Gasteiger partial charge in [-0.25, -0.2) is 4.79 Å². The maximum absolute atomic E-state index is 11.8. The van der Waals surface area contributed by atoms with Crippen molar-refractivity contribution in [1.29, 1.82) is 0 Å². The van der Waals surface area contributed by atoms with Crippen LogP contribution in [-0.2, 0) is 18.3 Å². The first-order valence-electron chi connectivity index (χ1n) is 6.58. The maximum Gasteiger partial charge on any atom is 0.341 e. The minimum Gasteiger partial charge on any atom is -0.468 e. The molecule has 1 atom stereocenters. The summed E-state index contributed by atoms with van der Waals surface area (Å²) >= 11 is 0. The Balaban J connectivity index is 2.05. The molecule has 6 nitrogen and oxygen atoms in total. The van der Waals surface area contributed by atoms with Crippen LogP contribution in [0.25, 0.3) is 0 Å². The van der Waals surface area contributed by atoms with Crippen LogP contribution in [-0.4, -0.2) is 22.4 Å². The van der Waals surface area contributed by atoms with Gasteiger partial charge in [-0.05, 0) is 26.0 Å². The van der Waals surface area contributed by atoms with Crippen LogP contribution in [0.5, 0.6) is 0 Å². The summed E-state index contributed by atoms with van der Waals surface area (Å²) in [5.41, 5.74) is 1.29. The number of nitrogens with zero attached hydrogens (tertiary/aromatic N) is 2. The highest BCUT2D eigenvalue weighted by Gasteiger charge is 2.18. The smallest absolute Gasteiger partial charge is 0.341 e. The average Bonchev–Trinajstić information content (AvgIpc) is 3.06. The van der Waals surface area contributed by atoms with Gasteiger partial charge in [0.1, 0.15) is 11.3 Å². The van der Waals surface area contributed by atoms with E-state index in [9.17, 15) is 4.79 Å². The molecule has 2 aromatic heterocycles. The van der Waals surface area contributed by atoms with Gasteiger partial charge < -0.3 is 14.5 Å². The lowest BCUT2D eigenvalue weighted by molar-refractivity contribution is 0.0524. The number of rotatable bonds is 6. The maximum atomic E-state index is 11.8. The van der Waals surface area contributed by atoms with Gasteiger partial charge in [0.25, 0.3) is 0 Å². The molecule has 2 heterocycles. The monoisotopic (exact) mass is 277 g/mol. The zero-order chi connectivity index (χ0) is 14.5. The predicted molar refractivity (Wildman–Crippen MR) is 73.1 cm³/mol. The zero-order valence-electron chi connectivity index (χ0n) is 11.9. The Kier molecular flexibility index (Phi) is 4.57. The van der Waals surface area contributed by atoms with Gasteiger partial charge in [-0.3, -0.25) is 4.68 Å². The third kappa shape index (κ3) is 3.08. The van der Waals surface area contributed by atoms with Crippen LogP contribution >= 0.6 is 0 Å². The lowest BCUT2D eigenvalue weighted by atomic mass is 10.2. The Labute approximate surface area is 117 Å². The molecule has 0 bridgehead atoms. The molecule has 0 saturated heterocycles. The highest BCUT2D eigenvalue weighted by atomic mass is 16.5. The molecular weight excluding hydrogens is 258 g/mol. The first-order valence-corrected chi connectivity index (χ1v) is 6.58. The van der Waals surface area contributed by atoms with E-state index in [0.29, 0.717) is 18.7 Å². The van der Waals surface area contributed by atoms with E-state index in [4.69, 9.17) is 9.15 Å². The van der Waals surface area contributed by atoms with Crippen molar-refractivity contribution < 1.29 is 13.9 Å². The number of furan rings is 1. The second kappa shape index (κ2) is 6.38. The van der Waals surface area contributed by atoms with Crippen molar-refractivity contribution >= 4 is 5.97 Å². The van der Waals surface area contributed by atoms with E-state index >= 15 is 0 Å². The number of carbonyl (C=O) groups excluding carboxylic acids is 1. The Morgan fingerprint density at radius 2 is 2.40 bits per heavy atom. The summed E-state index contributed by atoms with van der Waals surface area (Å²) in [6, 6.07) is 3.81. The van der Waals surface area contributed by atoms with E-state index < -0.39 is 0 Å². The Bertz CT molecular complexity index is 560. The molecule has 0 spiro atoms. The van der Waals surface area contributed by atoms with Crippen LogP contribution in [0.1, 0.15) is 41.7 Å². The van der Waals surface area contributed by atoms with E-state index in [1.54, 1.807) is 24.9 Å². The Hall–Kier alpha value is -2.08. The summed E-state index contributed by atoms with van der Waals surface area (Å²) < 4.78 is 12.0. The van der Waals surface area contributed by atoms with Gasteiger partial charge in [0.05, 0.1) is 30.8 Å². The molecule has 0 aliphatic carbocycles. The first kappa shape index (κ1) is 14.3. The molecule has 2 aromatic rings. The fraction of sp³-hybridized carbons (Fsp3) is 0.429. The second-order valence-electron chi connectivity index (χ2n) is 4.47. The van der Waals surface area contributed by atoms with Gasteiger partial charge >= 0.3 is 5.97 Å². The molecule has 0 radical (unpaired) electrons. The van der Waals surface area contributed by atoms with E-state index in [1.165, 1.54) is 6.20 Å². The van der Waals surface area contributed by atoms with E-state index in [-0.39, 0.29) is 12.0 Å². The van der Waals surface area contributed by atoms with Crippen LogP contribution in [0.4, 0.5) is 0 Å². The van der Waals surface area contributed by atoms with Crippen LogP contribution < -0.4 is 5.32 Å². The summed E-state index contributed by atoms with van der Waals surface area (Å²) in [5.74, 6) is 0.507. The molecule has 0 aromatic carbocycles. The van der Waals surface area contributed by atoms with Crippen LogP contribution in [0, 0.1) is 0 Å². The SMILES string of the molecule is CCOC(=O)c1cnn(C)c1CNC(C)c1ccco1.